The first-order chi connectivity index (χ1) is 8.25. The van der Waals surface area contributed by atoms with Crippen molar-refractivity contribution < 1.29 is 9.18 Å². The van der Waals surface area contributed by atoms with Crippen LogP contribution in [0, 0.1) is 5.82 Å². The molecule has 0 atom stereocenters. The second kappa shape index (κ2) is 5.21. The van der Waals surface area contributed by atoms with Crippen LogP contribution in [-0.4, -0.2) is 17.3 Å². The topological polar surface area (TPSA) is 42.0 Å². The molecule has 1 aromatic carbocycles. The second-order valence-electron chi connectivity index (χ2n) is 3.53. The molecule has 0 saturated heterocycles. The van der Waals surface area contributed by atoms with Gasteiger partial charge in [-0.1, -0.05) is 18.2 Å². The molecule has 17 heavy (non-hydrogen) atoms. The lowest BCUT2D eigenvalue weighted by Crippen LogP contribution is -2.14. The highest BCUT2D eigenvalue weighted by atomic mass is 19.1. The zero-order valence-corrected chi connectivity index (χ0v) is 9.06. The van der Waals surface area contributed by atoms with E-state index in [1.54, 1.807) is 0 Å². The molecule has 1 aromatic heterocycles. The summed E-state index contributed by atoms with van der Waals surface area (Å²) in [5.41, 5.74) is 1.12. The van der Waals surface area contributed by atoms with Crippen LogP contribution in [-0.2, 0) is 0 Å². The summed E-state index contributed by atoms with van der Waals surface area (Å²) in [5.74, 6) is -0.698. The summed E-state index contributed by atoms with van der Waals surface area (Å²) >= 11 is 0. The van der Waals surface area contributed by atoms with Gasteiger partial charge in [0, 0.05) is 17.4 Å². The smallest absolute Gasteiger partial charge is 0.183 e. The molecule has 0 aliphatic heterocycles. The molecule has 0 bridgehead atoms. The zero-order chi connectivity index (χ0) is 12.1. The Kier molecular flexibility index (Phi) is 3.45. The number of hydrogen-bond donors (Lipinski definition) is 1. The summed E-state index contributed by atoms with van der Waals surface area (Å²) in [6.07, 6.45) is 2.43. The van der Waals surface area contributed by atoms with Gasteiger partial charge in [-0.2, -0.15) is 0 Å². The molecule has 0 unspecified atom stereocenters. The Balaban J connectivity index is 1.98. The second-order valence-corrected chi connectivity index (χ2v) is 3.53. The first-order valence-corrected chi connectivity index (χ1v) is 5.18. The highest BCUT2D eigenvalue weighted by Crippen LogP contribution is 2.06. The maximum atomic E-state index is 12.9. The number of para-hydroxylation sites is 1. The molecule has 2 rings (SSSR count). The molecule has 2 aromatic rings. The average molecular weight is 230 g/mol. The predicted octanol–water partition coefficient (Wildman–Crippen LogP) is 2.52. The van der Waals surface area contributed by atoms with Crippen LogP contribution in [0.5, 0.6) is 0 Å². The summed E-state index contributed by atoms with van der Waals surface area (Å²) in [5, 5.41) is 2.96. The molecule has 3 nitrogen and oxygen atoms in total. The number of aromatic nitrogens is 1. The van der Waals surface area contributed by atoms with Gasteiger partial charge in [0.1, 0.15) is 5.82 Å². The van der Waals surface area contributed by atoms with E-state index in [0.29, 0.717) is 0 Å². The molecular formula is C13H11FN2O. The maximum absolute atomic E-state index is 12.9. The van der Waals surface area contributed by atoms with Gasteiger partial charge in [-0.25, -0.2) is 4.39 Å². The van der Waals surface area contributed by atoms with Crippen molar-refractivity contribution in [2.45, 2.75) is 0 Å². The van der Waals surface area contributed by atoms with Crippen LogP contribution in [0.4, 0.5) is 10.1 Å². The van der Waals surface area contributed by atoms with Crippen LogP contribution < -0.4 is 5.32 Å². The van der Waals surface area contributed by atoms with Crippen molar-refractivity contribution in [3.05, 3.63) is 60.2 Å². The molecule has 1 N–H and O–H groups in total. The van der Waals surface area contributed by atoms with E-state index in [1.165, 1.54) is 12.3 Å². The third-order valence-electron chi connectivity index (χ3n) is 2.25. The van der Waals surface area contributed by atoms with E-state index in [4.69, 9.17) is 0 Å². The number of carbonyl (C=O) groups is 1. The van der Waals surface area contributed by atoms with Gasteiger partial charge >= 0.3 is 0 Å². The fourth-order valence-electron chi connectivity index (χ4n) is 1.40. The number of carbonyl (C=O) groups excluding carboxylic acids is 1. The molecule has 0 saturated carbocycles. The SMILES string of the molecule is O=C(CNc1ccccc1)c1cncc(F)c1. The van der Waals surface area contributed by atoms with E-state index in [9.17, 15) is 9.18 Å². The van der Waals surface area contributed by atoms with Gasteiger partial charge < -0.3 is 5.32 Å². The van der Waals surface area contributed by atoms with Gasteiger partial charge in [0.2, 0.25) is 0 Å². The standard InChI is InChI=1S/C13H11FN2O/c14-11-6-10(7-15-8-11)13(17)9-16-12-4-2-1-3-5-12/h1-8,16H,9H2. The van der Waals surface area contributed by atoms with Crippen LogP contribution in [0.25, 0.3) is 0 Å². The van der Waals surface area contributed by atoms with Crippen molar-refractivity contribution in [3.63, 3.8) is 0 Å². The highest BCUT2D eigenvalue weighted by molar-refractivity contribution is 5.98. The molecule has 0 fully saturated rings. The summed E-state index contributed by atoms with van der Waals surface area (Å²) in [4.78, 5) is 15.3. The molecule has 0 radical (unpaired) electrons. The van der Waals surface area contributed by atoms with Crippen LogP contribution in [0.1, 0.15) is 10.4 Å². The number of halogens is 1. The van der Waals surface area contributed by atoms with Crippen LogP contribution in [0.2, 0.25) is 0 Å². The zero-order valence-electron chi connectivity index (χ0n) is 9.06. The van der Waals surface area contributed by atoms with Crippen molar-refractivity contribution >= 4 is 11.5 Å². The van der Waals surface area contributed by atoms with Crippen molar-refractivity contribution in [2.24, 2.45) is 0 Å². The first kappa shape index (κ1) is 11.3. The van der Waals surface area contributed by atoms with Gasteiger partial charge in [-0.3, -0.25) is 9.78 Å². The molecule has 0 aliphatic rings. The minimum atomic E-state index is -0.504. The minimum absolute atomic E-state index is 0.120. The van der Waals surface area contributed by atoms with E-state index in [0.717, 1.165) is 11.9 Å². The number of rotatable bonds is 4. The first-order valence-electron chi connectivity index (χ1n) is 5.18. The largest absolute Gasteiger partial charge is 0.378 e. The summed E-state index contributed by atoms with van der Waals surface area (Å²) in [7, 11) is 0. The number of benzene rings is 1. The Morgan fingerprint density at radius 2 is 2.00 bits per heavy atom. The summed E-state index contributed by atoms with van der Waals surface area (Å²) < 4.78 is 12.9. The molecule has 1 heterocycles. The fraction of sp³-hybridized carbons (Fsp3) is 0.0769. The highest BCUT2D eigenvalue weighted by Gasteiger charge is 2.06. The van der Waals surface area contributed by atoms with Gasteiger partial charge in [-0.15, -0.1) is 0 Å². The van der Waals surface area contributed by atoms with E-state index in [-0.39, 0.29) is 17.9 Å². The summed E-state index contributed by atoms with van der Waals surface area (Å²) in [6, 6.07) is 10.5. The van der Waals surface area contributed by atoms with Crippen LogP contribution >= 0.6 is 0 Å². The number of anilines is 1. The van der Waals surface area contributed by atoms with Gasteiger partial charge in [0.25, 0.3) is 0 Å². The molecule has 0 spiro atoms. The number of hydrogen-bond acceptors (Lipinski definition) is 3. The van der Waals surface area contributed by atoms with Gasteiger partial charge in [0.05, 0.1) is 12.7 Å². The van der Waals surface area contributed by atoms with Crippen LogP contribution in [0.3, 0.4) is 0 Å². The molecule has 86 valence electrons. The fourth-order valence-corrected chi connectivity index (χ4v) is 1.40. The molecule has 0 amide bonds. The maximum Gasteiger partial charge on any atom is 0.183 e. The Morgan fingerprint density at radius 1 is 1.24 bits per heavy atom. The normalized spacial score (nSPS) is 9.94. The quantitative estimate of drug-likeness (QED) is 0.820. The number of ketones is 1. The Bertz CT molecular complexity index is 514. The number of pyridine rings is 1. The number of Topliss-reactive ketones (excluding diaryl/α,β-unsaturated/α-hetero) is 1. The van der Waals surface area contributed by atoms with E-state index in [2.05, 4.69) is 10.3 Å². The average Bonchev–Trinajstić information content (AvgIpc) is 2.37. The van der Waals surface area contributed by atoms with E-state index < -0.39 is 5.82 Å². The lowest BCUT2D eigenvalue weighted by molar-refractivity contribution is 0.101. The third kappa shape index (κ3) is 3.11. The lowest BCUT2D eigenvalue weighted by Gasteiger charge is -2.05. The van der Waals surface area contributed by atoms with Crippen molar-refractivity contribution in [1.29, 1.82) is 0 Å². The van der Waals surface area contributed by atoms with Crippen molar-refractivity contribution in [2.75, 3.05) is 11.9 Å². The molecular weight excluding hydrogens is 219 g/mol. The molecule has 0 aliphatic carbocycles. The minimum Gasteiger partial charge on any atom is -0.378 e. The van der Waals surface area contributed by atoms with Crippen molar-refractivity contribution in [1.82, 2.24) is 4.98 Å². The number of nitrogens with zero attached hydrogens (tertiary/aromatic N) is 1. The predicted molar refractivity (Wildman–Crippen MR) is 63.5 cm³/mol. The lowest BCUT2D eigenvalue weighted by atomic mass is 10.2. The van der Waals surface area contributed by atoms with E-state index in [1.807, 2.05) is 30.3 Å². The van der Waals surface area contributed by atoms with Crippen molar-refractivity contribution in [3.8, 4) is 0 Å². The number of nitrogens with one attached hydrogen (secondary N) is 1. The van der Waals surface area contributed by atoms with Gasteiger partial charge in [-0.05, 0) is 18.2 Å². The van der Waals surface area contributed by atoms with Crippen LogP contribution in [0.15, 0.2) is 48.8 Å². The summed E-state index contributed by atoms with van der Waals surface area (Å²) in [6.45, 7) is 0.120. The third-order valence-corrected chi connectivity index (χ3v) is 2.25. The van der Waals surface area contributed by atoms with Gasteiger partial charge in [0.15, 0.2) is 5.78 Å². The van der Waals surface area contributed by atoms with E-state index >= 15 is 0 Å². The Labute approximate surface area is 98.3 Å². The monoisotopic (exact) mass is 230 g/mol. The Hall–Kier alpha value is -2.23. The molecule has 4 heteroatoms. The Morgan fingerprint density at radius 3 is 2.71 bits per heavy atom.